The maximum Gasteiger partial charge on any atom is 0.264 e. The number of fused-ring (bicyclic) bond motifs is 1. The van der Waals surface area contributed by atoms with E-state index >= 15 is 0 Å². The Morgan fingerprint density at radius 1 is 0.923 bits per heavy atom. The van der Waals surface area contributed by atoms with E-state index in [2.05, 4.69) is 10.1 Å². The van der Waals surface area contributed by atoms with Gasteiger partial charge in [0.25, 0.3) is 5.56 Å². The highest BCUT2D eigenvalue weighted by Crippen LogP contribution is 2.14. The number of benzene rings is 2. The Morgan fingerprint density at radius 2 is 1.65 bits per heavy atom. The maximum absolute atomic E-state index is 13.8. The van der Waals surface area contributed by atoms with Gasteiger partial charge in [0.05, 0.1) is 13.1 Å². The van der Waals surface area contributed by atoms with Gasteiger partial charge >= 0.3 is 0 Å². The van der Waals surface area contributed by atoms with Gasteiger partial charge < -0.3 is 0 Å². The van der Waals surface area contributed by atoms with Gasteiger partial charge in [-0.15, -0.1) is 0 Å². The Labute approximate surface area is 147 Å². The van der Waals surface area contributed by atoms with Crippen molar-refractivity contribution < 1.29 is 8.78 Å². The van der Waals surface area contributed by atoms with Gasteiger partial charge in [0.2, 0.25) is 0 Å². The minimum atomic E-state index is -0.697. The van der Waals surface area contributed by atoms with E-state index in [0.717, 1.165) is 17.7 Å². The van der Waals surface area contributed by atoms with Crippen LogP contribution in [0.5, 0.6) is 0 Å². The summed E-state index contributed by atoms with van der Waals surface area (Å²) in [6, 6.07) is 13.3. The third-order valence-corrected chi connectivity index (χ3v) is 4.13. The largest absolute Gasteiger partial charge is 0.294 e. The van der Waals surface area contributed by atoms with E-state index in [4.69, 9.17) is 0 Å². The van der Waals surface area contributed by atoms with Gasteiger partial charge in [-0.2, -0.15) is 5.10 Å². The molecule has 0 saturated carbocycles. The zero-order chi connectivity index (χ0) is 18.1. The highest BCUT2D eigenvalue weighted by molar-refractivity contribution is 5.72. The SMILES string of the molecule is O=c1c2cn(Cc3ccccc3)nc2ncn1Cc1c(F)cccc1F. The average Bonchev–Trinajstić information content (AvgIpc) is 3.04. The number of aromatic nitrogens is 4. The van der Waals surface area contributed by atoms with Crippen LogP contribution in [0.3, 0.4) is 0 Å². The first-order chi connectivity index (χ1) is 12.6. The highest BCUT2D eigenvalue weighted by Gasteiger charge is 2.13. The number of rotatable bonds is 4. The molecule has 130 valence electrons. The number of hydrogen-bond donors (Lipinski definition) is 0. The zero-order valence-corrected chi connectivity index (χ0v) is 13.6. The molecule has 0 unspecified atom stereocenters. The second-order valence-electron chi connectivity index (χ2n) is 5.93. The Hall–Kier alpha value is -3.35. The second kappa shape index (κ2) is 6.51. The first-order valence-corrected chi connectivity index (χ1v) is 8.01. The van der Waals surface area contributed by atoms with E-state index in [1.807, 2.05) is 30.3 Å². The van der Waals surface area contributed by atoms with Gasteiger partial charge in [0, 0.05) is 11.8 Å². The maximum atomic E-state index is 13.8. The fraction of sp³-hybridized carbons (Fsp3) is 0.105. The lowest BCUT2D eigenvalue weighted by Gasteiger charge is -2.07. The normalized spacial score (nSPS) is 11.2. The molecule has 0 amide bonds. The van der Waals surface area contributed by atoms with Crippen molar-refractivity contribution in [2.24, 2.45) is 0 Å². The molecule has 4 rings (SSSR count). The van der Waals surface area contributed by atoms with Crippen LogP contribution in [-0.4, -0.2) is 19.3 Å². The molecule has 2 aromatic heterocycles. The molecule has 26 heavy (non-hydrogen) atoms. The van der Waals surface area contributed by atoms with Gasteiger partial charge in [0.15, 0.2) is 5.65 Å². The zero-order valence-electron chi connectivity index (χ0n) is 13.6. The third kappa shape index (κ3) is 2.99. The lowest BCUT2D eigenvalue weighted by molar-refractivity contribution is 0.541. The molecular weight excluding hydrogens is 338 g/mol. The molecule has 2 heterocycles. The van der Waals surface area contributed by atoms with Crippen molar-refractivity contribution in [1.29, 1.82) is 0 Å². The Morgan fingerprint density at radius 3 is 2.38 bits per heavy atom. The van der Waals surface area contributed by atoms with Gasteiger partial charge in [-0.25, -0.2) is 13.8 Å². The predicted octanol–water partition coefficient (Wildman–Crippen LogP) is 2.97. The van der Waals surface area contributed by atoms with Crippen LogP contribution in [0.1, 0.15) is 11.1 Å². The molecule has 0 aliphatic rings. The summed E-state index contributed by atoms with van der Waals surface area (Å²) in [5, 5.41) is 4.60. The summed E-state index contributed by atoms with van der Waals surface area (Å²) in [4.78, 5) is 16.8. The minimum absolute atomic E-state index is 0.174. The molecule has 0 fully saturated rings. The predicted molar refractivity (Wildman–Crippen MR) is 92.8 cm³/mol. The van der Waals surface area contributed by atoms with Crippen molar-refractivity contribution in [2.75, 3.05) is 0 Å². The highest BCUT2D eigenvalue weighted by atomic mass is 19.1. The Kier molecular flexibility index (Phi) is 4.04. The van der Waals surface area contributed by atoms with E-state index in [1.54, 1.807) is 10.9 Å². The molecule has 2 aromatic carbocycles. The lowest BCUT2D eigenvalue weighted by atomic mass is 10.2. The van der Waals surface area contributed by atoms with Crippen molar-refractivity contribution >= 4 is 11.0 Å². The van der Waals surface area contributed by atoms with Gasteiger partial charge in [0.1, 0.15) is 23.3 Å². The van der Waals surface area contributed by atoms with Gasteiger partial charge in [-0.3, -0.25) is 14.0 Å². The van der Waals surface area contributed by atoms with E-state index in [9.17, 15) is 13.6 Å². The molecule has 0 radical (unpaired) electrons. The first-order valence-electron chi connectivity index (χ1n) is 8.01. The summed E-state index contributed by atoms with van der Waals surface area (Å²) in [6.45, 7) is 0.267. The molecule has 0 N–H and O–H groups in total. The molecule has 5 nitrogen and oxygen atoms in total. The number of nitrogens with zero attached hydrogens (tertiary/aromatic N) is 4. The average molecular weight is 352 g/mol. The van der Waals surface area contributed by atoms with E-state index in [0.29, 0.717) is 17.6 Å². The molecule has 0 aliphatic heterocycles. The summed E-state index contributed by atoms with van der Waals surface area (Å²) in [6.07, 6.45) is 2.86. The standard InChI is InChI=1S/C19H14F2N4O/c20-16-7-4-8-17(21)14(16)10-24-12-22-18-15(19(24)26)11-25(23-18)9-13-5-2-1-3-6-13/h1-8,11-12H,9-10H2. The molecule has 0 atom stereocenters. The van der Waals surface area contributed by atoms with Crippen LogP contribution >= 0.6 is 0 Å². The third-order valence-electron chi connectivity index (χ3n) is 4.13. The van der Waals surface area contributed by atoms with E-state index < -0.39 is 17.2 Å². The van der Waals surface area contributed by atoms with Crippen molar-refractivity contribution in [3.63, 3.8) is 0 Å². The van der Waals surface area contributed by atoms with Crippen LogP contribution in [0.2, 0.25) is 0 Å². The summed E-state index contributed by atoms with van der Waals surface area (Å²) >= 11 is 0. The summed E-state index contributed by atoms with van der Waals surface area (Å²) < 4.78 is 30.5. The number of halogens is 2. The van der Waals surface area contributed by atoms with Crippen LogP contribution in [0.25, 0.3) is 11.0 Å². The van der Waals surface area contributed by atoms with Crippen LogP contribution in [0, 0.1) is 11.6 Å². The second-order valence-corrected chi connectivity index (χ2v) is 5.93. The minimum Gasteiger partial charge on any atom is -0.294 e. The molecule has 0 saturated heterocycles. The smallest absolute Gasteiger partial charge is 0.264 e. The number of hydrogen-bond acceptors (Lipinski definition) is 3. The molecule has 7 heteroatoms. The first kappa shape index (κ1) is 16.1. The van der Waals surface area contributed by atoms with Crippen LogP contribution in [-0.2, 0) is 13.1 Å². The molecular formula is C19H14F2N4O. The van der Waals surface area contributed by atoms with Crippen LogP contribution in [0.15, 0.2) is 65.8 Å². The fourth-order valence-corrected chi connectivity index (χ4v) is 2.81. The summed E-state index contributed by atoms with van der Waals surface area (Å²) in [7, 11) is 0. The van der Waals surface area contributed by atoms with Crippen LogP contribution in [0.4, 0.5) is 8.78 Å². The Bertz CT molecular complexity index is 1120. The topological polar surface area (TPSA) is 52.7 Å². The molecule has 0 bridgehead atoms. The van der Waals surface area contributed by atoms with E-state index in [1.165, 1.54) is 17.0 Å². The fourth-order valence-electron chi connectivity index (χ4n) is 2.81. The van der Waals surface area contributed by atoms with Crippen molar-refractivity contribution in [1.82, 2.24) is 19.3 Å². The van der Waals surface area contributed by atoms with Crippen LogP contribution < -0.4 is 5.56 Å². The van der Waals surface area contributed by atoms with Crippen molar-refractivity contribution in [2.45, 2.75) is 13.1 Å². The molecule has 0 aliphatic carbocycles. The molecule has 0 spiro atoms. The Balaban J connectivity index is 1.70. The van der Waals surface area contributed by atoms with E-state index in [-0.39, 0.29) is 12.1 Å². The summed E-state index contributed by atoms with van der Waals surface area (Å²) in [5.41, 5.74) is 0.773. The quantitative estimate of drug-likeness (QED) is 0.567. The summed E-state index contributed by atoms with van der Waals surface area (Å²) in [5.74, 6) is -1.39. The monoisotopic (exact) mass is 352 g/mol. The van der Waals surface area contributed by atoms with Crippen molar-refractivity contribution in [3.05, 3.63) is 94.2 Å². The molecule has 4 aromatic rings. The van der Waals surface area contributed by atoms with Crippen molar-refractivity contribution in [3.8, 4) is 0 Å². The van der Waals surface area contributed by atoms with Gasteiger partial charge in [-0.1, -0.05) is 36.4 Å². The lowest BCUT2D eigenvalue weighted by Crippen LogP contribution is -2.21. The van der Waals surface area contributed by atoms with Gasteiger partial charge in [-0.05, 0) is 17.7 Å².